The number of hydrogen-bond acceptors (Lipinski definition) is 4. The first-order valence-electron chi connectivity index (χ1n) is 8.68. The molecule has 2 unspecified atom stereocenters. The van der Waals surface area contributed by atoms with E-state index in [0.29, 0.717) is 30.7 Å². The Balaban J connectivity index is 1.80. The van der Waals surface area contributed by atoms with Gasteiger partial charge in [0.2, 0.25) is 10.0 Å². The van der Waals surface area contributed by atoms with Crippen LogP contribution in [0.25, 0.3) is 0 Å². The third kappa shape index (κ3) is 3.48. The summed E-state index contributed by atoms with van der Waals surface area (Å²) in [4.78, 5) is 4.70. The molecule has 0 saturated heterocycles. The highest BCUT2D eigenvalue weighted by atomic mass is 32.2. The van der Waals surface area contributed by atoms with Gasteiger partial charge in [0.15, 0.2) is 5.69 Å². The zero-order valence-corrected chi connectivity index (χ0v) is 15.9. The van der Waals surface area contributed by atoms with Crippen molar-refractivity contribution in [3.8, 4) is 0 Å². The summed E-state index contributed by atoms with van der Waals surface area (Å²) in [6.07, 6.45) is -0.414. The van der Waals surface area contributed by atoms with Crippen LogP contribution in [-0.2, 0) is 16.2 Å². The lowest BCUT2D eigenvalue weighted by Crippen LogP contribution is -2.37. The van der Waals surface area contributed by atoms with Gasteiger partial charge in [0.05, 0.1) is 0 Å². The van der Waals surface area contributed by atoms with Crippen molar-refractivity contribution < 1.29 is 21.6 Å². The number of rotatable bonds is 4. The van der Waals surface area contributed by atoms with Gasteiger partial charge in [-0.15, -0.1) is 0 Å². The van der Waals surface area contributed by atoms with Gasteiger partial charge in [-0.25, -0.2) is 8.42 Å². The van der Waals surface area contributed by atoms with Crippen molar-refractivity contribution in [3.05, 3.63) is 24.0 Å². The van der Waals surface area contributed by atoms with E-state index in [4.69, 9.17) is 0 Å². The Hall–Kier alpha value is -1.19. The first-order chi connectivity index (χ1) is 12.0. The van der Waals surface area contributed by atoms with Gasteiger partial charge >= 0.3 is 6.18 Å². The molecule has 2 saturated carbocycles. The zero-order valence-electron chi connectivity index (χ0n) is 15.1. The molecular formula is C17H24F3N3O2S. The molecule has 9 heteroatoms. The lowest BCUT2D eigenvalue weighted by atomic mass is 10.0. The summed E-state index contributed by atoms with van der Waals surface area (Å²) in [5.41, 5.74) is -1.35. The molecule has 0 N–H and O–H groups in total. The Bertz CT molecular complexity index is 753. The second-order valence-electron chi connectivity index (χ2n) is 7.60. The minimum absolute atomic E-state index is 0.264. The van der Waals surface area contributed by atoms with E-state index in [2.05, 4.69) is 9.88 Å². The second-order valence-corrected chi connectivity index (χ2v) is 9.57. The monoisotopic (exact) mass is 391 g/mol. The number of hydrogen-bond donors (Lipinski definition) is 0. The zero-order chi connectivity index (χ0) is 19.3. The van der Waals surface area contributed by atoms with Crippen molar-refractivity contribution in [2.75, 3.05) is 21.1 Å². The average molecular weight is 391 g/mol. The summed E-state index contributed by atoms with van der Waals surface area (Å²) in [6, 6.07) is 2.45. The van der Waals surface area contributed by atoms with Crippen molar-refractivity contribution in [1.29, 1.82) is 0 Å². The molecule has 26 heavy (non-hydrogen) atoms. The Morgan fingerprint density at radius 3 is 2.08 bits per heavy atom. The molecule has 146 valence electrons. The molecule has 0 aliphatic heterocycles. The van der Waals surface area contributed by atoms with Crippen molar-refractivity contribution in [1.82, 2.24) is 14.2 Å². The number of pyridine rings is 1. The van der Waals surface area contributed by atoms with Crippen LogP contribution in [0.4, 0.5) is 13.2 Å². The lowest BCUT2D eigenvalue weighted by Gasteiger charge is -2.27. The maximum atomic E-state index is 13.2. The van der Waals surface area contributed by atoms with E-state index in [1.165, 1.54) is 13.1 Å². The fourth-order valence-electron chi connectivity index (χ4n) is 4.43. The molecule has 5 nitrogen and oxygen atoms in total. The Morgan fingerprint density at radius 1 is 1.04 bits per heavy atom. The van der Waals surface area contributed by atoms with Crippen molar-refractivity contribution >= 4 is 10.0 Å². The van der Waals surface area contributed by atoms with E-state index in [9.17, 15) is 21.6 Å². The fraction of sp³-hybridized carbons (Fsp3) is 0.706. The Kier molecular flexibility index (Phi) is 5.09. The van der Waals surface area contributed by atoms with Crippen molar-refractivity contribution in [2.24, 2.45) is 11.8 Å². The minimum atomic E-state index is -4.81. The first kappa shape index (κ1) is 19.6. The second kappa shape index (κ2) is 6.76. The van der Waals surface area contributed by atoms with Crippen molar-refractivity contribution in [3.63, 3.8) is 0 Å². The molecule has 4 atom stereocenters. The van der Waals surface area contributed by atoms with E-state index < -0.39 is 26.8 Å². The van der Waals surface area contributed by atoms with Crippen LogP contribution in [-0.4, -0.2) is 55.8 Å². The Labute approximate surface area is 152 Å². The third-order valence-electron chi connectivity index (χ3n) is 5.91. The van der Waals surface area contributed by atoms with Gasteiger partial charge < -0.3 is 4.90 Å². The van der Waals surface area contributed by atoms with Crippen molar-refractivity contribution in [2.45, 2.75) is 48.8 Å². The quantitative estimate of drug-likeness (QED) is 0.792. The van der Waals surface area contributed by atoms with Gasteiger partial charge in [-0.2, -0.15) is 17.5 Å². The molecule has 0 bridgehead atoms. The number of alkyl halides is 3. The fourth-order valence-corrected chi connectivity index (χ4v) is 5.97. The lowest BCUT2D eigenvalue weighted by molar-refractivity contribution is -0.143. The van der Waals surface area contributed by atoms with Crippen LogP contribution in [0.1, 0.15) is 31.4 Å². The molecule has 2 aliphatic carbocycles. The van der Waals surface area contributed by atoms with Crippen LogP contribution in [0.15, 0.2) is 23.2 Å². The number of sulfonamides is 1. The van der Waals surface area contributed by atoms with Gasteiger partial charge in [0, 0.05) is 25.3 Å². The van der Waals surface area contributed by atoms with Gasteiger partial charge in [-0.1, -0.05) is 0 Å². The molecule has 1 aromatic rings. The van der Waals surface area contributed by atoms with Crippen LogP contribution in [0.3, 0.4) is 0 Å². The molecule has 0 spiro atoms. The summed E-state index contributed by atoms with van der Waals surface area (Å²) in [5.74, 6) is 0.863. The van der Waals surface area contributed by atoms with Crippen LogP contribution in [0, 0.1) is 11.8 Å². The van der Waals surface area contributed by atoms with E-state index in [0.717, 1.165) is 29.4 Å². The number of nitrogens with zero attached hydrogens (tertiary/aromatic N) is 3. The molecule has 1 heterocycles. The molecular weight excluding hydrogens is 367 g/mol. The van der Waals surface area contributed by atoms with Gasteiger partial charge in [-0.3, -0.25) is 4.98 Å². The minimum Gasteiger partial charge on any atom is -0.306 e. The highest BCUT2D eigenvalue weighted by Gasteiger charge is 2.47. The van der Waals surface area contributed by atoms with Crippen LogP contribution in [0.2, 0.25) is 0 Å². The SMILES string of the molecule is CN(C)C1C[C@@H]2CC(N(C)S(=O)(=O)c3cccnc3C(F)(F)F)C[C@@H]2C1. The van der Waals surface area contributed by atoms with Crippen LogP contribution >= 0.6 is 0 Å². The van der Waals surface area contributed by atoms with E-state index in [1.54, 1.807) is 0 Å². The van der Waals surface area contributed by atoms with Crippen LogP contribution in [0.5, 0.6) is 0 Å². The standard InChI is InChI=1S/C17H24F3N3O2S/c1-22(2)13-7-11-9-14(10-12(11)8-13)23(3)26(24,25)15-5-4-6-21-16(15)17(18,19)20/h4-6,11-14H,7-10H2,1-3H3/t11-,12+,13?,14?. The smallest absolute Gasteiger partial charge is 0.306 e. The molecule has 2 aliphatic rings. The summed E-state index contributed by atoms with van der Waals surface area (Å²) >= 11 is 0. The predicted molar refractivity (Wildman–Crippen MR) is 90.9 cm³/mol. The molecule has 3 rings (SSSR count). The molecule has 0 radical (unpaired) electrons. The average Bonchev–Trinajstić information content (AvgIpc) is 3.12. The predicted octanol–water partition coefficient (Wildman–Crippen LogP) is 2.84. The summed E-state index contributed by atoms with van der Waals surface area (Å²) in [7, 11) is 1.21. The van der Waals surface area contributed by atoms with Crippen LogP contribution < -0.4 is 0 Å². The van der Waals surface area contributed by atoms with E-state index in [1.807, 2.05) is 14.1 Å². The molecule has 1 aromatic heterocycles. The van der Waals surface area contributed by atoms with Gasteiger partial charge in [0.1, 0.15) is 4.90 Å². The largest absolute Gasteiger partial charge is 0.434 e. The van der Waals surface area contributed by atoms with E-state index in [-0.39, 0.29) is 6.04 Å². The molecule has 0 aromatic carbocycles. The maximum absolute atomic E-state index is 13.2. The Morgan fingerprint density at radius 2 is 1.58 bits per heavy atom. The summed E-state index contributed by atoms with van der Waals surface area (Å²) < 4.78 is 66.4. The summed E-state index contributed by atoms with van der Waals surface area (Å²) in [5, 5.41) is 0. The van der Waals surface area contributed by atoms with E-state index >= 15 is 0 Å². The number of fused-ring (bicyclic) bond motifs is 1. The van der Waals surface area contributed by atoms with Gasteiger partial charge in [0.25, 0.3) is 0 Å². The maximum Gasteiger partial charge on any atom is 0.434 e. The molecule has 2 fully saturated rings. The highest BCUT2D eigenvalue weighted by Crippen LogP contribution is 2.47. The highest BCUT2D eigenvalue weighted by molar-refractivity contribution is 7.89. The van der Waals surface area contributed by atoms with Gasteiger partial charge in [-0.05, 0) is 63.7 Å². The third-order valence-corrected chi connectivity index (χ3v) is 7.85. The first-order valence-corrected chi connectivity index (χ1v) is 10.1. The topological polar surface area (TPSA) is 53.5 Å². The summed E-state index contributed by atoms with van der Waals surface area (Å²) in [6.45, 7) is 0. The molecule has 0 amide bonds. The normalized spacial score (nSPS) is 29.5. The number of halogens is 3. The number of aromatic nitrogens is 1.